The van der Waals surface area contributed by atoms with E-state index in [1.807, 2.05) is 14.0 Å². The molecule has 20 heavy (non-hydrogen) atoms. The SMILES string of the molecule is CN=C(NCCCC(C)C)NCc1sc(C)nc1C.I. The Bertz CT molecular complexity index is 415. The molecule has 4 nitrogen and oxygen atoms in total. The molecule has 116 valence electrons. The first-order valence-electron chi connectivity index (χ1n) is 6.90. The van der Waals surface area contributed by atoms with Crippen molar-refractivity contribution in [3.8, 4) is 0 Å². The highest BCUT2D eigenvalue weighted by Gasteiger charge is 2.05. The van der Waals surface area contributed by atoms with Crippen molar-refractivity contribution in [2.75, 3.05) is 13.6 Å². The lowest BCUT2D eigenvalue weighted by atomic mass is 10.1. The molecule has 0 radical (unpaired) electrons. The van der Waals surface area contributed by atoms with E-state index in [-0.39, 0.29) is 24.0 Å². The van der Waals surface area contributed by atoms with Gasteiger partial charge in [0.05, 0.1) is 17.2 Å². The van der Waals surface area contributed by atoms with Crippen LogP contribution in [0.3, 0.4) is 0 Å². The molecule has 0 atom stereocenters. The Morgan fingerprint density at radius 2 is 2.00 bits per heavy atom. The summed E-state index contributed by atoms with van der Waals surface area (Å²) in [6.45, 7) is 10.4. The van der Waals surface area contributed by atoms with Crippen LogP contribution in [0.2, 0.25) is 0 Å². The maximum absolute atomic E-state index is 4.43. The largest absolute Gasteiger partial charge is 0.356 e. The van der Waals surface area contributed by atoms with Crippen molar-refractivity contribution in [3.63, 3.8) is 0 Å². The summed E-state index contributed by atoms with van der Waals surface area (Å²) >= 11 is 1.74. The summed E-state index contributed by atoms with van der Waals surface area (Å²) in [5.74, 6) is 1.63. The Morgan fingerprint density at radius 3 is 2.50 bits per heavy atom. The molecule has 0 saturated heterocycles. The minimum atomic E-state index is 0. The fraction of sp³-hybridized carbons (Fsp3) is 0.714. The van der Waals surface area contributed by atoms with Crippen LogP contribution in [0.15, 0.2) is 4.99 Å². The van der Waals surface area contributed by atoms with Gasteiger partial charge in [0.2, 0.25) is 0 Å². The first kappa shape index (κ1) is 19.6. The smallest absolute Gasteiger partial charge is 0.191 e. The Hall–Kier alpha value is -0.370. The van der Waals surface area contributed by atoms with Gasteiger partial charge in [0.1, 0.15) is 0 Å². The second-order valence-corrected chi connectivity index (χ2v) is 6.42. The van der Waals surface area contributed by atoms with Crippen LogP contribution in [-0.4, -0.2) is 24.5 Å². The zero-order valence-corrected chi connectivity index (χ0v) is 16.3. The van der Waals surface area contributed by atoms with Crippen molar-refractivity contribution in [2.24, 2.45) is 10.9 Å². The van der Waals surface area contributed by atoms with Gasteiger partial charge < -0.3 is 10.6 Å². The van der Waals surface area contributed by atoms with E-state index < -0.39 is 0 Å². The third-order valence-electron chi connectivity index (χ3n) is 2.89. The monoisotopic (exact) mass is 410 g/mol. The zero-order chi connectivity index (χ0) is 14.3. The molecule has 0 bridgehead atoms. The lowest BCUT2D eigenvalue weighted by molar-refractivity contribution is 0.549. The molecular formula is C14H27IN4S. The van der Waals surface area contributed by atoms with Gasteiger partial charge in [0, 0.05) is 18.5 Å². The summed E-state index contributed by atoms with van der Waals surface area (Å²) in [5, 5.41) is 7.80. The number of rotatable bonds is 6. The molecule has 0 unspecified atom stereocenters. The van der Waals surface area contributed by atoms with Crippen LogP contribution < -0.4 is 10.6 Å². The van der Waals surface area contributed by atoms with Gasteiger partial charge in [-0.25, -0.2) is 4.98 Å². The average Bonchev–Trinajstić information content (AvgIpc) is 2.66. The van der Waals surface area contributed by atoms with Gasteiger partial charge in [0.25, 0.3) is 0 Å². The quantitative estimate of drug-likeness (QED) is 0.327. The van der Waals surface area contributed by atoms with Gasteiger partial charge in [-0.2, -0.15) is 0 Å². The van der Waals surface area contributed by atoms with Crippen molar-refractivity contribution in [3.05, 3.63) is 15.6 Å². The molecule has 0 aliphatic heterocycles. The predicted molar refractivity (Wildman–Crippen MR) is 99.3 cm³/mol. The molecule has 0 aliphatic rings. The molecule has 1 heterocycles. The molecule has 1 rings (SSSR count). The number of halogens is 1. The summed E-state index contributed by atoms with van der Waals surface area (Å²) in [6, 6.07) is 0. The van der Waals surface area contributed by atoms with Gasteiger partial charge in [-0.1, -0.05) is 13.8 Å². The number of hydrogen-bond acceptors (Lipinski definition) is 3. The molecule has 2 N–H and O–H groups in total. The highest BCUT2D eigenvalue weighted by molar-refractivity contribution is 14.0. The average molecular weight is 410 g/mol. The molecule has 0 amide bonds. The van der Waals surface area contributed by atoms with Crippen LogP contribution in [0.5, 0.6) is 0 Å². The minimum absolute atomic E-state index is 0. The summed E-state index contributed by atoms with van der Waals surface area (Å²) in [4.78, 5) is 9.94. The van der Waals surface area contributed by atoms with Crippen molar-refractivity contribution < 1.29 is 0 Å². The molecule has 0 saturated carbocycles. The fourth-order valence-electron chi connectivity index (χ4n) is 1.84. The van der Waals surface area contributed by atoms with Crippen molar-refractivity contribution in [1.29, 1.82) is 0 Å². The van der Waals surface area contributed by atoms with E-state index in [9.17, 15) is 0 Å². The fourth-order valence-corrected chi connectivity index (χ4v) is 2.72. The van der Waals surface area contributed by atoms with E-state index in [0.29, 0.717) is 0 Å². The molecule has 0 spiro atoms. The van der Waals surface area contributed by atoms with Crippen LogP contribution in [0.4, 0.5) is 0 Å². The maximum Gasteiger partial charge on any atom is 0.191 e. The van der Waals surface area contributed by atoms with Crippen LogP contribution in [0.25, 0.3) is 0 Å². The van der Waals surface area contributed by atoms with Crippen molar-refractivity contribution >= 4 is 41.3 Å². The molecule has 1 aromatic heterocycles. The lowest BCUT2D eigenvalue weighted by Crippen LogP contribution is -2.37. The van der Waals surface area contributed by atoms with Gasteiger partial charge >= 0.3 is 0 Å². The van der Waals surface area contributed by atoms with Gasteiger partial charge in [-0.05, 0) is 32.6 Å². The van der Waals surface area contributed by atoms with E-state index in [0.717, 1.165) is 35.7 Å². The first-order chi connectivity index (χ1) is 9.02. The van der Waals surface area contributed by atoms with Gasteiger partial charge in [-0.15, -0.1) is 35.3 Å². The Balaban J connectivity index is 0.00000361. The highest BCUT2D eigenvalue weighted by Crippen LogP contribution is 2.16. The molecule has 6 heteroatoms. The number of aryl methyl sites for hydroxylation is 2. The highest BCUT2D eigenvalue weighted by atomic mass is 127. The van der Waals surface area contributed by atoms with Gasteiger partial charge in [-0.3, -0.25) is 4.99 Å². The first-order valence-corrected chi connectivity index (χ1v) is 7.72. The van der Waals surface area contributed by atoms with E-state index in [1.54, 1.807) is 11.3 Å². The summed E-state index contributed by atoms with van der Waals surface area (Å²) in [5.41, 5.74) is 1.12. The predicted octanol–water partition coefficient (Wildman–Crippen LogP) is 3.48. The Morgan fingerprint density at radius 1 is 1.30 bits per heavy atom. The topological polar surface area (TPSA) is 49.3 Å². The van der Waals surface area contributed by atoms with E-state index in [2.05, 4.69) is 41.4 Å². The van der Waals surface area contributed by atoms with Crippen molar-refractivity contribution in [1.82, 2.24) is 15.6 Å². The third kappa shape index (κ3) is 7.42. The van der Waals surface area contributed by atoms with Crippen LogP contribution in [0, 0.1) is 19.8 Å². The van der Waals surface area contributed by atoms with E-state index in [4.69, 9.17) is 0 Å². The lowest BCUT2D eigenvalue weighted by Gasteiger charge is -2.12. The van der Waals surface area contributed by atoms with Crippen LogP contribution in [-0.2, 0) is 6.54 Å². The molecule has 1 aromatic rings. The number of thiazole rings is 1. The minimum Gasteiger partial charge on any atom is -0.356 e. The second kappa shape index (κ2) is 10.4. The Kier molecular flexibility index (Phi) is 10.2. The standard InChI is InChI=1S/C14H26N4S.HI/c1-10(2)7-6-8-16-14(15-5)17-9-13-11(3)18-12(4)19-13;/h10H,6-9H2,1-5H3,(H2,15,16,17);1H. The van der Waals surface area contributed by atoms with E-state index in [1.165, 1.54) is 17.7 Å². The van der Waals surface area contributed by atoms with Gasteiger partial charge in [0.15, 0.2) is 5.96 Å². The molecule has 0 aliphatic carbocycles. The molecule has 0 aromatic carbocycles. The van der Waals surface area contributed by atoms with Crippen LogP contribution in [0.1, 0.15) is 42.3 Å². The number of nitrogens with one attached hydrogen (secondary N) is 2. The summed E-state index contributed by atoms with van der Waals surface area (Å²) in [6.07, 6.45) is 2.42. The zero-order valence-electron chi connectivity index (χ0n) is 13.1. The summed E-state index contributed by atoms with van der Waals surface area (Å²) < 4.78 is 0. The molecular weight excluding hydrogens is 383 g/mol. The number of aromatic nitrogens is 1. The number of aliphatic imine (C=N–C) groups is 1. The maximum atomic E-state index is 4.43. The normalized spacial score (nSPS) is 11.4. The second-order valence-electron chi connectivity index (χ2n) is 5.13. The number of guanidine groups is 1. The van der Waals surface area contributed by atoms with Crippen LogP contribution >= 0.6 is 35.3 Å². The third-order valence-corrected chi connectivity index (χ3v) is 3.96. The number of hydrogen-bond donors (Lipinski definition) is 2. The molecule has 0 fully saturated rings. The number of nitrogens with zero attached hydrogens (tertiary/aromatic N) is 2. The van der Waals surface area contributed by atoms with E-state index >= 15 is 0 Å². The van der Waals surface area contributed by atoms with Crippen molar-refractivity contribution in [2.45, 2.75) is 47.1 Å². The summed E-state index contributed by atoms with van der Waals surface area (Å²) in [7, 11) is 1.81. The Labute approximate surface area is 143 Å².